The third kappa shape index (κ3) is 3.40. The predicted octanol–water partition coefficient (Wildman–Crippen LogP) is 3.90. The molecule has 1 saturated carbocycles. The second kappa shape index (κ2) is 6.81. The van der Waals surface area contributed by atoms with Gasteiger partial charge in [-0.05, 0) is 36.5 Å². The minimum Gasteiger partial charge on any atom is -0.338 e. The normalized spacial score (nSPS) is 21.7. The molecule has 1 aromatic carbocycles. The van der Waals surface area contributed by atoms with Crippen molar-refractivity contribution in [3.63, 3.8) is 0 Å². The van der Waals surface area contributed by atoms with E-state index in [2.05, 4.69) is 27.8 Å². The molecule has 1 aliphatic carbocycles. The van der Waals surface area contributed by atoms with Crippen molar-refractivity contribution in [2.75, 3.05) is 11.9 Å². The zero-order valence-corrected chi connectivity index (χ0v) is 13.1. The first kappa shape index (κ1) is 14.9. The largest absolute Gasteiger partial charge is 0.338 e. The van der Waals surface area contributed by atoms with E-state index in [0.717, 1.165) is 29.1 Å². The number of H-pyrrole nitrogens is 1. The van der Waals surface area contributed by atoms with Gasteiger partial charge in [-0.15, -0.1) is 0 Å². The second-order valence-electron chi connectivity index (χ2n) is 6.22. The molecule has 1 aliphatic rings. The number of aromatic nitrogens is 2. The summed E-state index contributed by atoms with van der Waals surface area (Å²) in [4.78, 5) is 12.1. The average molecular weight is 300 g/mol. The molecule has 1 fully saturated rings. The Morgan fingerprint density at radius 3 is 2.95 bits per heavy atom. The molecular formula is C17H24N4O. The zero-order chi connectivity index (χ0) is 15.4. The van der Waals surface area contributed by atoms with Gasteiger partial charge in [0.25, 0.3) is 0 Å². The van der Waals surface area contributed by atoms with Gasteiger partial charge in [-0.2, -0.15) is 5.10 Å². The van der Waals surface area contributed by atoms with Crippen LogP contribution >= 0.6 is 0 Å². The summed E-state index contributed by atoms with van der Waals surface area (Å²) in [6.45, 7) is 3.03. The quantitative estimate of drug-likeness (QED) is 0.801. The summed E-state index contributed by atoms with van der Waals surface area (Å²) in [6, 6.07) is 5.61. The van der Waals surface area contributed by atoms with Crippen molar-refractivity contribution in [1.82, 2.24) is 15.5 Å². The molecule has 0 spiro atoms. The molecule has 2 aromatic rings. The molecule has 2 atom stereocenters. The van der Waals surface area contributed by atoms with E-state index in [0.29, 0.717) is 5.92 Å². The highest BCUT2D eigenvalue weighted by molar-refractivity contribution is 5.92. The molecule has 5 heteroatoms. The van der Waals surface area contributed by atoms with Crippen LogP contribution in [0.3, 0.4) is 0 Å². The number of carbonyl (C=O) groups excluding carboxylic acids is 1. The molecule has 22 heavy (non-hydrogen) atoms. The van der Waals surface area contributed by atoms with E-state index >= 15 is 0 Å². The molecule has 0 bridgehead atoms. The van der Waals surface area contributed by atoms with Gasteiger partial charge in [-0.3, -0.25) is 5.10 Å². The van der Waals surface area contributed by atoms with E-state index in [1.807, 2.05) is 18.2 Å². The van der Waals surface area contributed by atoms with Gasteiger partial charge < -0.3 is 10.6 Å². The first-order chi connectivity index (χ1) is 10.8. The van der Waals surface area contributed by atoms with Crippen LogP contribution in [-0.2, 0) is 0 Å². The van der Waals surface area contributed by atoms with E-state index in [4.69, 9.17) is 0 Å². The minimum absolute atomic E-state index is 0.122. The number of hydrogen-bond donors (Lipinski definition) is 3. The summed E-state index contributed by atoms with van der Waals surface area (Å²) < 4.78 is 0. The van der Waals surface area contributed by atoms with Gasteiger partial charge in [0.15, 0.2) is 0 Å². The lowest BCUT2D eigenvalue weighted by Gasteiger charge is -2.30. The molecule has 1 heterocycles. The fraction of sp³-hybridized carbons (Fsp3) is 0.529. The number of aromatic amines is 1. The lowest BCUT2D eigenvalue weighted by molar-refractivity contribution is 0.217. The monoisotopic (exact) mass is 300 g/mol. The third-order valence-electron chi connectivity index (χ3n) is 4.81. The fourth-order valence-corrected chi connectivity index (χ4v) is 3.51. The van der Waals surface area contributed by atoms with E-state index in [-0.39, 0.29) is 6.03 Å². The Balaban J connectivity index is 1.53. The summed E-state index contributed by atoms with van der Waals surface area (Å²) >= 11 is 0. The molecule has 5 nitrogen and oxygen atoms in total. The predicted molar refractivity (Wildman–Crippen MR) is 88.9 cm³/mol. The van der Waals surface area contributed by atoms with Gasteiger partial charge in [0, 0.05) is 17.6 Å². The summed E-state index contributed by atoms with van der Waals surface area (Å²) in [7, 11) is 0. The van der Waals surface area contributed by atoms with Crippen molar-refractivity contribution in [1.29, 1.82) is 0 Å². The lowest BCUT2D eigenvalue weighted by atomic mass is 9.78. The molecule has 2 unspecified atom stereocenters. The van der Waals surface area contributed by atoms with Crippen molar-refractivity contribution >= 4 is 22.6 Å². The fourth-order valence-electron chi connectivity index (χ4n) is 3.51. The molecule has 0 aliphatic heterocycles. The Morgan fingerprint density at radius 2 is 2.14 bits per heavy atom. The third-order valence-corrected chi connectivity index (χ3v) is 4.81. The summed E-state index contributed by atoms with van der Waals surface area (Å²) in [5.74, 6) is 1.39. The topological polar surface area (TPSA) is 69.8 Å². The maximum Gasteiger partial charge on any atom is 0.319 e. The molecular weight excluding hydrogens is 276 g/mol. The van der Waals surface area contributed by atoms with Crippen LogP contribution in [0.15, 0.2) is 24.4 Å². The van der Waals surface area contributed by atoms with E-state index in [9.17, 15) is 4.79 Å². The zero-order valence-electron chi connectivity index (χ0n) is 13.1. The van der Waals surface area contributed by atoms with Crippen LogP contribution in [-0.4, -0.2) is 22.8 Å². The highest BCUT2D eigenvalue weighted by Crippen LogP contribution is 2.31. The standard InChI is InChI=1S/C17H24N4O/c1-2-12-5-3-4-6-13(12)10-18-17(22)20-15-7-8-16-14(9-15)11-19-21-16/h7-9,11-13H,2-6,10H2,1H3,(H,19,21)(H2,18,20,22). The second-order valence-corrected chi connectivity index (χ2v) is 6.22. The summed E-state index contributed by atoms with van der Waals surface area (Å²) in [5.41, 5.74) is 1.76. The van der Waals surface area contributed by atoms with Crippen LogP contribution in [0.1, 0.15) is 39.0 Å². The van der Waals surface area contributed by atoms with Gasteiger partial charge >= 0.3 is 6.03 Å². The molecule has 0 saturated heterocycles. The molecule has 118 valence electrons. The SMILES string of the molecule is CCC1CCCCC1CNC(=O)Nc1ccc2[nH]ncc2c1. The van der Waals surface area contributed by atoms with Gasteiger partial charge in [0.1, 0.15) is 0 Å². The lowest BCUT2D eigenvalue weighted by Crippen LogP contribution is -2.36. The van der Waals surface area contributed by atoms with Crippen LogP contribution in [0.25, 0.3) is 10.9 Å². The van der Waals surface area contributed by atoms with Crippen LogP contribution in [0, 0.1) is 11.8 Å². The highest BCUT2D eigenvalue weighted by atomic mass is 16.2. The summed E-state index contributed by atoms with van der Waals surface area (Å²) in [5, 5.41) is 13.8. The maximum absolute atomic E-state index is 12.1. The number of nitrogens with one attached hydrogen (secondary N) is 3. The minimum atomic E-state index is -0.122. The van der Waals surface area contributed by atoms with E-state index in [1.165, 1.54) is 32.1 Å². The number of amides is 2. The number of hydrogen-bond acceptors (Lipinski definition) is 2. The Kier molecular flexibility index (Phi) is 4.61. The van der Waals surface area contributed by atoms with Crippen LogP contribution < -0.4 is 10.6 Å². The number of benzene rings is 1. The Labute approximate surface area is 130 Å². The van der Waals surface area contributed by atoms with Crippen LogP contribution in [0.2, 0.25) is 0 Å². The van der Waals surface area contributed by atoms with Crippen molar-refractivity contribution in [3.05, 3.63) is 24.4 Å². The van der Waals surface area contributed by atoms with Gasteiger partial charge in [-0.25, -0.2) is 4.79 Å². The smallest absolute Gasteiger partial charge is 0.319 e. The maximum atomic E-state index is 12.1. The number of anilines is 1. The first-order valence-electron chi connectivity index (χ1n) is 8.24. The van der Waals surface area contributed by atoms with Gasteiger partial charge in [0.2, 0.25) is 0 Å². The number of rotatable bonds is 4. The molecule has 0 radical (unpaired) electrons. The number of urea groups is 1. The Morgan fingerprint density at radius 1 is 1.32 bits per heavy atom. The van der Waals surface area contributed by atoms with Crippen molar-refractivity contribution in [2.24, 2.45) is 11.8 Å². The molecule has 3 rings (SSSR count). The van der Waals surface area contributed by atoms with Crippen molar-refractivity contribution in [3.8, 4) is 0 Å². The molecule has 1 aromatic heterocycles. The van der Waals surface area contributed by atoms with Gasteiger partial charge in [0.05, 0.1) is 11.7 Å². The number of fused-ring (bicyclic) bond motifs is 1. The Hall–Kier alpha value is -2.04. The van der Waals surface area contributed by atoms with Crippen LogP contribution in [0.5, 0.6) is 0 Å². The average Bonchev–Trinajstić information content (AvgIpc) is 3.01. The van der Waals surface area contributed by atoms with Gasteiger partial charge in [-0.1, -0.05) is 32.6 Å². The van der Waals surface area contributed by atoms with E-state index < -0.39 is 0 Å². The van der Waals surface area contributed by atoms with Crippen LogP contribution in [0.4, 0.5) is 10.5 Å². The number of nitrogens with zero attached hydrogens (tertiary/aromatic N) is 1. The Bertz CT molecular complexity index is 636. The summed E-state index contributed by atoms with van der Waals surface area (Å²) in [6.07, 6.45) is 8.15. The molecule has 3 N–H and O–H groups in total. The van der Waals surface area contributed by atoms with Crippen molar-refractivity contribution in [2.45, 2.75) is 39.0 Å². The first-order valence-corrected chi connectivity index (χ1v) is 8.24. The van der Waals surface area contributed by atoms with Crippen molar-refractivity contribution < 1.29 is 4.79 Å². The molecule has 2 amide bonds. The number of carbonyl (C=O) groups is 1. The highest BCUT2D eigenvalue weighted by Gasteiger charge is 2.23. The van der Waals surface area contributed by atoms with E-state index in [1.54, 1.807) is 6.20 Å².